The molecule has 8 heteroatoms. The van der Waals surface area contributed by atoms with Gasteiger partial charge in [-0.25, -0.2) is 14.6 Å². The third-order valence-corrected chi connectivity index (χ3v) is 3.65. The van der Waals surface area contributed by atoms with Crippen LogP contribution in [0.1, 0.15) is 17.3 Å². The van der Waals surface area contributed by atoms with Gasteiger partial charge in [0.25, 0.3) is 5.91 Å². The molecule has 1 fully saturated rings. The summed E-state index contributed by atoms with van der Waals surface area (Å²) in [6, 6.07) is 2.74. The van der Waals surface area contributed by atoms with E-state index < -0.39 is 24.0 Å². The number of esters is 1. The number of urea groups is 1. The number of carbonyl (C=O) groups is 3. The van der Waals surface area contributed by atoms with Crippen molar-refractivity contribution in [2.45, 2.75) is 18.1 Å². The van der Waals surface area contributed by atoms with Gasteiger partial charge in [-0.05, 0) is 25.3 Å². The SMILES string of the molecule is CSc1ncccc1C(=O)OC(C)C(=O)N1CCNC1=O. The van der Waals surface area contributed by atoms with E-state index in [2.05, 4.69) is 10.3 Å². The molecule has 1 N–H and O–H groups in total. The average Bonchev–Trinajstić information content (AvgIpc) is 2.92. The Morgan fingerprint density at radius 2 is 2.29 bits per heavy atom. The minimum absolute atomic E-state index is 0.280. The van der Waals surface area contributed by atoms with Crippen LogP contribution in [0.5, 0.6) is 0 Å². The van der Waals surface area contributed by atoms with Gasteiger partial charge >= 0.3 is 12.0 Å². The molecule has 0 spiro atoms. The molecule has 0 bridgehead atoms. The maximum Gasteiger partial charge on any atom is 0.341 e. The highest BCUT2D eigenvalue weighted by Gasteiger charge is 2.32. The van der Waals surface area contributed by atoms with Crippen LogP contribution in [0.3, 0.4) is 0 Å². The van der Waals surface area contributed by atoms with E-state index in [1.807, 2.05) is 0 Å². The molecule has 1 unspecified atom stereocenters. The van der Waals surface area contributed by atoms with E-state index in [0.29, 0.717) is 17.1 Å². The third-order valence-electron chi connectivity index (χ3n) is 2.94. The highest BCUT2D eigenvalue weighted by Crippen LogP contribution is 2.18. The standard InChI is InChI=1S/C13H15N3O4S/c1-8(11(17)16-7-6-15-13(16)19)20-12(18)9-4-3-5-14-10(9)21-2/h3-5,8H,6-7H2,1-2H3,(H,15,19). The molecule has 1 aromatic rings. The smallest absolute Gasteiger partial charge is 0.341 e. The summed E-state index contributed by atoms with van der Waals surface area (Å²) in [4.78, 5) is 40.7. The van der Waals surface area contributed by atoms with Crippen molar-refractivity contribution in [1.82, 2.24) is 15.2 Å². The van der Waals surface area contributed by atoms with Crippen molar-refractivity contribution in [3.63, 3.8) is 0 Å². The summed E-state index contributed by atoms with van der Waals surface area (Å²) >= 11 is 1.31. The molecule has 1 aliphatic rings. The summed E-state index contributed by atoms with van der Waals surface area (Å²) in [5.74, 6) is -1.17. The van der Waals surface area contributed by atoms with Crippen molar-refractivity contribution in [2.75, 3.05) is 19.3 Å². The molecule has 0 saturated carbocycles. The number of hydrogen-bond donors (Lipinski definition) is 1. The Balaban J connectivity index is 2.05. The number of hydrogen-bond acceptors (Lipinski definition) is 6. The zero-order chi connectivity index (χ0) is 15.4. The summed E-state index contributed by atoms with van der Waals surface area (Å²) < 4.78 is 5.14. The van der Waals surface area contributed by atoms with Gasteiger partial charge in [0.1, 0.15) is 5.03 Å². The lowest BCUT2D eigenvalue weighted by atomic mass is 10.3. The number of rotatable bonds is 4. The van der Waals surface area contributed by atoms with Gasteiger partial charge in [-0.1, -0.05) is 0 Å². The number of ether oxygens (including phenoxy) is 1. The highest BCUT2D eigenvalue weighted by atomic mass is 32.2. The van der Waals surface area contributed by atoms with E-state index in [9.17, 15) is 14.4 Å². The number of aromatic nitrogens is 1. The quantitative estimate of drug-likeness (QED) is 0.656. The fourth-order valence-corrected chi connectivity index (χ4v) is 2.42. The van der Waals surface area contributed by atoms with Crippen LogP contribution < -0.4 is 5.32 Å². The summed E-state index contributed by atoms with van der Waals surface area (Å²) in [6.45, 7) is 2.13. The zero-order valence-electron chi connectivity index (χ0n) is 11.7. The van der Waals surface area contributed by atoms with Gasteiger partial charge in [0.15, 0.2) is 6.10 Å². The number of carbonyl (C=O) groups excluding carboxylic acids is 3. The maximum atomic E-state index is 12.1. The van der Waals surface area contributed by atoms with Gasteiger partial charge in [-0.3, -0.25) is 9.69 Å². The molecule has 7 nitrogen and oxygen atoms in total. The van der Waals surface area contributed by atoms with Gasteiger partial charge in [0.2, 0.25) is 0 Å². The van der Waals surface area contributed by atoms with Crippen LogP contribution in [-0.2, 0) is 9.53 Å². The summed E-state index contributed by atoms with van der Waals surface area (Å²) in [7, 11) is 0. The van der Waals surface area contributed by atoms with E-state index >= 15 is 0 Å². The molecule has 21 heavy (non-hydrogen) atoms. The van der Waals surface area contributed by atoms with Crippen LogP contribution in [-0.4, -0.2) is 53.2 Å². The van der Waals surface area contributed by atoms with Crippen LogP contribution in [0.15, 0.2) is 23.4 Å². The van der Waals surface area contributed by atoms with Gasteiger partial charge in [0, 0.05) is 19.3 Å². The normalized spacial score (nSPS) is 15.5. The highest BCUT2D eigenvalue weighted by molar-refractivity contribution is 7.98. The Hall–Kier alpha value is -2.09. The van der Waals surface area contributed by atoms with Gasteiger partial charge in [0.05, 0.1) is 5.56 Å². The van der Waals surface area contributed by atoms with Crippen LogP contribution in [0.4, 0.5) is 4.79 Å². The van der Waals surface area contributed by atoms with E-state index in [0.717, 1.165) is 4.90 Å². The Bertz CT molecular complexity index is 578. The van der Waals surface area contributed by atoms with Crippen LogP contribution in [0, 0.1) is 0 Å². The number of pyridine rings is 1. The second-order valence-corrected chi connectivity index (χ2v) is 5.12. The maximum absolute atomic E-state index is 12.1. The first-order chi connectivity index (χ1) is 10.0. The van der Waals surface area contributed by atoms with Crippen molar-refractivity contribution in [3.8, 4) is 0 Å². The van der Waals surface area contributed by atoms with Crippen molar-refractivity contribution >= 4 is 29.7 Å². The lowest BCUT2D eigenvalue weighted by molar-refractivity contribution is -0.136. The molecular weight excluding hydrogens is 294 g/mol. The molecular formula is C13H15N3O4S. The largest absolute Gasteiger partial charge is 0.449 e. The topological polar surface area (TPSA) is 88.6 Å². The third kappa shape index (κ3) is 3.33. The molecule has 1 atom stereocenters. The average molecular weight is 309 g/mol. The first-order valence-corrected chi connectivity index (χ1v) is 7.56. The van der Waals surface area contributed by atoms with Crippen LogP contribution in [0.2, 0.25) is 0 Å². The summed E-state index contributed by atoms with van der Waals surface area (Å²) in [6.07, 6.45) is 2.34. The Labute approximate surface area is 126 Å². The molecule has 0 radical (unpaired) electrons. The minimum Gasteiger partial charge on any atom is -0.449 e. The van der Waals surface area contributed by atoms with Crippen molar-refractivity contribution in [1.29, 1.82) is 0 Å². The molecule has 2 rings (SSSR count). The monoisotopic (exact) mass is 309 g/mol. The lowest BCUT2D eigenvalue weighted by Crippen LogP contribution is -2.41. The lowest BCUT2D eigenvalue weighted by Gasteiger charge is -2.18. The second kappa shape index (κ2) is 6.57. The van der Waals surface area contributed by atoms with E-state index in [-0.39, 0.29) is 6.54 Å². The Morgan fingerprint density at radius 3 is 2.90 bits per heavy atom. The Kier molecular flexibility index (Phi) is 4.79. The molecule has 2 heterocycles. The van der Waals surface area contributed by atoms with E-state index in [1.54, 1.807) is 24.6 Å². The number of nitrogens with zero attached hydrogens (tertiary/aromatic N) is 2. The molecule has 0 aromatic carbocycles. The molecule has 112 valence electrons. The molecule has 1 saturated heterocycles. The zero-order valence-corrected chi connectivity index (χ0v) is 12.5. The predicted octanol–water partition coefficient (Wildman–Crippen LogP) is 0.901. The molecule has 0 aliphatic carbocycles. The van der Waals surface area contributed by atoms with Crippen LogP contribution >= 0.6 is 11.8 Å². The predicted molar refractivity (Wildman–Crippen MR) is 76.0 cm³/mol. The summed E-state index contributed by atoms with van der Waals surface area (Å²) in [5.41, 5.74) is 0.301. The van der Waals surface area contributed by atoms with Crippen molar-refractivity contribution in [3.05, 3.63) is 23.9 Å². The number of imide groups is 1. The van der Waals surface area contributed by atoms with E-state index in [4.69, 9.17) is 4.74 Å². The van der Waals surface area contributed by atoms with Gasteiger partial charge in [-0.15, -0.1) is 11.8 Å². The van der Waals surface area contributed by atoms with Crippen molar-refractivity contribution in [2.24, 2.45) is 0 Å². The second-order valence-electron chi connectivity index (χ2n) is 4.33. The first-order valence-electron chi connectivity index (χ1n) is 6.33. The number of amides is 3. The van der Waals surface area contributed by atoms with E-state index in [1.165, 1.54) is 18.7 Å². The molecule has 3 amide bonds. The van der Waals surface area contributed by atoms with Gasteiger partial charge in [-0.2, -0.15) is 0 Å². The van der Waals surface area contributed by atoms with Crippen LogP contribution in [0.25, 0.3) is 0 Å². The molecule has 1 aliphatic heterocycles. The molecule has 1 aromatic heterocycles. The first kappa shape index (κ1) is 15.3. The summed E-state index contributed by atoms with van der Waals surface area (Å²) in [5, 5.41) is 3.05. The van der Waals surface area contributed by atoms with Gasteiger partial charge < -0.3 is 10.1 Å². The number of nitrogens with one attached hydrogen (secondary N) is 1. The Morgan fingerprint density at radius 1 is 1.52 bits per heavy atom. The fraction of sp³-hybridized carbons (Fsp3) is 0.385. The number of thioether (sulfide) groups is 1. The fourth-order valence-electron chi connectivity index (χ4n) is 1.88. The van der Waals surface area contributed by atoms with Crippen molar-refractivity contribution < 1.29 is 19.1 Å². The minimum atomic E-state index is -1.03.